The highest BCUT2D eigenvalue weighted by atomic mass is 15.1. The van der Waals surface area contributed by atoms with Gasteiger partial charge in [0, 0.05) is 6.42 Å². The van der Waals surface area contributed by atoms with Gasteiger partial charge in [0.15, 0.2) is 0 Å². The van der Waals surface area contributed by atoms with E-state index in [0.717, 1.165) is 24.2 Å². The average molecular weight is 264 g/mol. The highest BCUT2D eigenvalue weighted by molar-refractivity contribution is 5.81. The Kier molecular flexibility index (Phi) is 3.31. The first-order valence-electron chi connectivity index (χ1n) is 7.25. The number of aromatic nitrogens is 2. The molecule has 0 bridgehead atoms. The molecule has 0 aliphatic carbocycles. The molecular formula is C18H20N2. The molecule has 1 heterocycles. The summed E-state index contributed by atoms with van der Waals surface area (Å²) in [5, 5.41) is 0. The van der Waals surface area contributed by atoms with Crippen LogP contribution in [0.5, 0.6) is 0 Å². The van der Waals surface area contributed by atoms with E-state index in [0.29, 0.717) is 0 Å². The Bertz CT molecular complexity index is 753. The molecule has 20 heavy (non-hydrogen) atoms. The van der Waals surface area contributed by atoms with Crippen LogP contribution < -0.4 is 0 Å². The molecule has 2 aromatic carbocycles. The van der Waals surface area contributed by atoms with Crippen LogP contribution in [0.15, 0.2) is 42.5 Å². The van der Waals surface area contributed by atoms with Crippen molar-refractivity contribution in [2.24, 2.45) is 0 Å². The fraction of sp³-hybridized carbons (Fsp3) is 0.278. The molecule has 0 spiro atoms. The Morgan fingerprint density at radius 1 is 0.950 bits per heavy atom. The van der Waals surface area contributed by atoms with Crippen LogP contribution in [-0.4, -0.2) is 9.55 Å². The van der Waals surface area contributed by atoms with E-state index in [9.17, 15) is 0 Å². The smallest absolute Gasteiger partial charge is 0.114 e. The minimum atomic E-state index is 1.00. The second-order valence-electron chi connectivity index (χ2n) is 5.34. The number of imidazole rings is 1. The molecule has 1 aromatic heterocycles. The molecule has 0 radical (unpaired) electrons. The zero-order valence-electron chi connectivity index (χ0n) is 12.4. The monoisotopic (exact) mass is 264 g/mol. The van der Waals surface area contributed by atoms with Gasteiger partial charge in [0.25, 0.3) is 0 Å². The minimum Gasteiger partial charge on any atom is -0.296 e. The van der Waals surface area contributed by atoms with E-state index in [-0.39, 0.29) is 0 Å². The normalized spacial score (nSPS) is 11.2. The molecule has 0 saturated heterocycles. The van der Waals surface area contributed by atoms with Gasteiger partial charge in [0.05, 0.1) is 16.7 Å². The Balaban J connectivity index is 2.35. The lowest BCUT2D eigenvalue weighted by molar-refractivity contribution is 0.816. The number of hydrogen-bond acceptors (Lipinski definition) is 1. The van der Waals surface area contributed by atoms with Gasteiger partial charge in [-0.3, -0.25) is 4.57 Å². The van der Waals surface area contributed by atoms with E-state index in [2.05, 4.69) is 67.8 Å². The maximum absolute atomic E-state index is 4.88. The van der Waals surface area contributed by atoms with Crippen LogP contribution in [0.2, 0.25) is 0 Å². The van der Waals surface area contributed by atoms with Crippen molar-refractivity contribution in [2.45, 2.75) is 33.6 Å². The highest BCUT2D eigenvalue weighted by Crippen LogP contribution is 2.26. The standard InChI is InChI=1S/C18H20N2/c1-4-8-17-19-18-14(3)10-7-12-16(18)20(17)15-11-6-5-9-13(15)2/h5-7,9-12H,4,8H2,1-3H3. The van der Waals surface area contributed by atoms with Crippen LogP contribution in [0.3, 0.4) is 0 Å². The maximum atomic E-state index is 4.88. The zero-order valence-corrected chi connectivity index (χ0v) is 12.4. The first kappa shape index (κ1) is 12.9. The Morgan fingerprint density at radius 3 is 2.45 bits per heavy atom. The average Bonchev–Trinajstić information content (AvgIpc) is 2.80. The van der Waals surface area contributed by atoms with Crippen LogP contribution >= 0.6 is 0 Å². The molecular weight excluding hydrogens is 244 g/mol. The van der Waals surface area contributed by atoms with Crippen LogP contribution in [0, 0.1) is 13.8 Å². The summed E-state index contributed by atoms with van der Waals surface area (Å²) >= 11 is 0. The number of nitrogens with zero attached hydrogens (tertiary/aromatic N) is 2. The molecule has 0 unspecified atom stereocenters. The van der Waals surface area contributed by atoms with Gasteiger partial charge in [0.1, 0.15) is 5.82 Å². The molecule has 2 nitrogen and oxygen atoms in total. The van der Waals surface area contributed by atoms with Crippen molar-refractivity contribution >= 4 is 11.0 Å². The molecule has 102 valence electrons. The summed E-state index contributed by atoms with van der Waals surface area (Å²) in [6, 6.07) is 14.9. The van der Waals surface area contributed by atoms with E-state index >= 15 is 0 Å². The maximum Gasteiger partial charge on any atom is 0.114 e. The third-order valence-corrected chi connectivity index (χ3v) is 3.79. The first-order chi connectivity index (χ1) is 9.72. The van der Waals surface area contributed by atoms with Crippen molar-refractivity contribution < 1.29 is 0 Å². The highest BCUT2D eigenvalue weighted by Gasteiger charge is 2.14. The van der Waals surface area contributed by atoms with Crippen molar-refractivity contribution in [3.8, 4) is 5.69 Å². The van der Waals surface area contributed by atoms with Crippen LogP contribution in [0.25, 0.3) is 16.7 Å². The summed E-state index contributed by atoms with van der Waals surface area (Å²) < 4.78 is 2.32. The predicted octanol–water partition coefficient (Wildman–Crippen LogP) is 4.59. The molecule has 0 N–H and O–H groups in total. The summed E-state index contributed by atoms with van der Waals surface area (Å²) in [6.07, 6.45) is 2.11. The van der Waals surface area contributed by atoms with Gasteiger partial charge in [-0.25, -0.2) is 4.98 Å². The summed E-state index contributed by atoms with van der Waals surface area (Å²) in [6.45, 7) is 6.49. The molecule has 0 aliphatic rings. The quantitative estimate of drug-likeness (QED) is 0.676. The van der Waals surface area contributed by atoms with Gasteiger partial charge >= 0.3 is 0 Å². The Hall–Kier alpha value is -2.09. The fourth-order valence-electron chi connectivity index (χ4n) is 2.76. The summed E-state index contributed by atoms with van der Waals surface area (Å²) in [7, 11) is 0. The van der Waals surface area contributed by atoms with Crippen molar-refractivity contribution in [1.29, 1.82) is 0 Å². The summed E-state index contributed by atoms with van der Waals surface area (Å²) in [5.74, 6) is 1.16. The van der Waals surface area contributed by atoms with E-state index in [4.69, 9.17) is 4.98 Å². The molecule has 0 amide bonds. The van der Waals surface area contributed by atoms with E-state index in [1.807, 2.05) is 0 Å². The molecule has 0 saturated carbocycles. The number of rotatable bonds is 3. The van der Waals surface area contributed by atoms with Crippen LogP contribution in [-0.2, 0) is 6.42 Å². The molecule has 3 aromatic rings. The van der Waals surface area contributed by atoms with Gasteiger partial charge in [-0.15, -0.1) is 0 Å². The molecule has 2 heteroatoms. The number of benzene rings is 2. The molecule has 0 fully saturated rings. The van der Waals surface area contributed by atoms with Crippen molar-refractivity contribution in [1.82, 2.24) is 9.55 Å². The lowest BCUT2D eigenvalue weighted by atomic mass is 10.1. The minimum absolute atomic E-state index is 1.00. The van der Waals surface area contributed by atoms with Gasteiger partial charge < -0.3 is 0 Å². The summed E-state index contributed by atoms with van der Waals surface area (Å²) in [4.78, 5) is 4.88. The largest absolute Gasteiger partial charge is 0.296 e. The van der Waals surface area contributed by atoms with E-state index in [1.165, 1.54) is 22.3 Å². The van der Waals surface area contributed by atoms with Gasteiger partial charge in [-0.1, -0.05) is 37.3 Å². The van der Waals surface area contributed by atoms with E-state index in [1.54, 1.807) is 0 Å². The molecule has 3 rings (SSSR count). The molecule has 0 atom stereocenters. The lowest BCUT2D eigenvalue weighted by Gasteiger charge is -2.11. The van der Waals surface area contributed by atoms with Gasteiger partial charge in [-0.2, -0.15) is 0 Å². The lowest BCUT2D eigenvalue weighted by Crippen LogP contribution is -2.02. The fourth-order valence-corrected chi connectivity index (χ4v) is 2.76. The Morgan fingerprint density at radius 2 is 1.70 bits per heavy atom. The van der Waals surface area contributed by atoms with Crippen molar-refractivity contribution in [2.75, 3.05) is 0 Å². The van der Waals surface area contributed by atoms with Gasteiger partial charge in [-0.05, 0) is 43.5 Å². The summed E-state index contributed by atoms with van der Waals surface area (Å²) in [5.41, 5.74) is 6.10. The SMILES string of the molecule is CCCc1nc2c(C)cccc2n1-c1ccccc1C. The van der Waals surface area contributed by atoms with Crippen molar-refractivity contribution in [3.63, 3.8) is 0 Å². The van der Waals surface area contributed by atoms with Crippen molar-refractivity contribution in [3.05, 3.63) is 59.4 Å². The number of aryl methyl sites for hydroxylation is 3. The third-order valence-electron chi connectivity index (χ3n) is 3.79. The second kappa shape index (κ2) is 5.12. The van der Waals surface area contributed by atoms with Crippen LogP contribution in [0.1, 0.15) is 30.3 Å². The molecule has 0 aliphatic heterocycles. The second-order valence-corrected chi connectivity index (χ2v) is 5.34. The zero-order chi connectivity index (χ0) is 14.1. The predicted molar refractivity (Wildman–Crippen MR) is 84.5 cm³/mol. The van der Waals surface area contributed by atoms with Gasteiger partial charge in [0.2, 0.25) is 0 Å². The topological polar surface area (TPSA) is 17.8 Å². The Labute approximate surface area is 120 Å². The number of hydrogen-bond donors (Lipinski definition) is 0. The first-order valence-corrected chi connectivity index (χ1v) is 7.25. The van der Waals surface area contributed by atoms with Crippen LogP contribution in [0.4, 0.5) is 0 Å². The number of fused-ring (bicyclic) bond motifs is 1. The number of para-hydroxylation sites is 2. The van der Waals surface area contributed by atoms with E-state index < -0.39 is 0 Å². The third kappa shape index (κ3) is 2.01.